The van der Waals surface area contributed by atoms with Gasteiger partial charge in [-0.15, -0.1) is 0 Å². The largest absolute Gasteiger partial charge is 0.482 e. The SMILES string of the molecule is O=C(O)COc1cccc(C(=O)N2CCC(NC(=O)Nc3ccccc3)CC2)c1. The number of ether oxygens (including phenoxy) is 1. The van der Waals surface area contributed by atoms with Crippen molar-refractivity contribution in [1.82, 2.24) is 10.2 Å². The van der Waals surface area contributed by atoms with E-state index in [2.05, 4.69) is 10.6 Å². The Bertz CT molecular complexity index is 864. The van der Waals surface area contributed by atoms with Crippen LogP contribution >= 0.6 is 0 Å². The molecule has 8 nitrogen and oxygen atoms in total. The number of anilines is 1. The second kappa shape index (κ2) is 9.59. The molecule has 2 aromatic rings. The van der Waals surface area contributed by atoms with E-state index in [4.69, 9.17) is 9.84 Å². The highest BCUT2D eigenvalue weighted by atomic mass is 16.5. The second-order valence-corrected chi connectivity index (χ2v) is 6.74. The van der Waals surface area contributed by atoms with Gasteiger partial charge in [0, 0.05) is 30.4 Å². The molecule has 0 saturated carbocycles. The summed E-state index contributed by atoms with van der Waals surface area (Å²) >= 11 is 0. The molecule has 1 aliphatic rings. The summed E-state index contributed by atoms with van der Waals surface area (Å²) in [5, 5.41) is 14.4. The first-order valence-electron chi connectivity index (χ1n) is 9.38. The van der Waals surface area contributed by atoms with Crippen LogP contribution in [-0.2, 0) is 4.79 Å². The Labute approximate surface area is 168 Å². The predicted octanol–water partition coefficient (Wildman–Crippen LogP) is 2.58. The van der Waals surface area contributed by atoms with Crippen molar-refractivity contribution >= 4 is 23.6 Å². The van der Waals surface area contributed by atoms with Gasteiger partial charge in [0.05, 0.1) is 0 Å². The van der Waals surface area contributed by atoms with Gasteiger partial charge in [-0.25, -0.2) is 9.59 Å². The van der Waals surface area contributed by atoms with Crippen molar-refractivity contribution in [1.29, 1.82) is 0 Å². The molecule has 1 saturated heterocycles. The Morgan fingerprint density at radius 3 is 2.45 bits per heavy atom. The number of hydrogen-bond donors (Lipinski definition) is 3. The lowest BCUT2D eigenvalue weighted by atomic mass is 10.0. The zero-order valence-corrected chi connectivity index (χ0v) is 15.8. The molecule has 0 aliphatic carbocycles. The van der Waals surface area contributed by atoms with Crippen LogP contribution in [0.25, 0.3) is 0 Å². The number of carboxylic acid groups (broad SMARTS) is 1. The minimum absolute atomic E-state index is 0.00648. The third-order valence-corrected chi connectivity index (χ3v) is 4.59. The maximum Gasteiger partial charge on any atom is 0.341 e. The van der Waals surface area contributed by atoms with Crippen LogP contribution in [0.3, 0.4) is 0 Å². The van der Waals surface area contributed by atoms with Gasteiger partial charge in [0.2, 0.25) is 0 Å². The highest BCUT2D eigenvalue weighted by molar-refractivity contribution is 5.94. The van der Waals surface area contributed by atoms with Crippen molar-refractivity contribution in [3.8, 4) is 5.75 Å². The van der Waals surface area contributed by atoms with Gasteiger partial charge in [-0.3, -0.25) is 4.79 Å². The van der Waals surface area contributed by atoms with Crippen LogP contribution in [0.4, 0.5) is 10.5 Å². The van der Waals surface area contributed by atoms with E-state index < -0.39 is 12.6 Å². The fraction of sp³-hybridized carbons (Fsp3) is 0.286. The van der Waals surface area contributed by atoms with E-state index in [-0.39, 0.29) is 18.0 Å². The highest BCUT2D eigenvalue weighted by Crippen LogP contribution is 2.18. The molecule has 0 aromatic heterocycles. The summed E-state index contributed by atoms with van der Waals surface area (Å²) in [7, 11) is 0. The maximum absolute atomic E-state index is 12.7. The van der Waals surface area contributed by atoms with Gasteiger partial charge >= 0.3 is 12.0 Å². The van der Waals surface area contributed by atoms with E-state index in [9.17, 15) is 14.4 Å². The summed E-state index contributed by atoms with van der Waals surface area (Å²) in [6.45, 7) is 0.588. The average molecular weight is 397 g/mol. The van der Waals surface area contributed by atoms with Gasteiger partial charge in [-0.1, -0.05) is 24.3 Å². The van der Waals surface area contributed by atoms with E-state index in [0.29, 0.717) is 37.2 Å². The van der Waals surface area contributed by atoms with Crippen LogP contribution in [0.2, 0.25) is 0 Å². The number of likely N-dealkylation sites (tertiary alicyclic amines) is 1. The smallest absolute Gasteiger partial charge is 0.341 e. The first-order chi connectivity index (χ1) is 14.0. The number of aliphatic carboxylic acids is 1. The number of hydrogen-bond acceptors (Lipinski definition) is 4. The quantitative estimate of drug-likeness (QED) is 0.694. The lowest BCUT2D eigenvalue weighted by molar-refractivity contribution is -0.139. The lowest BCUT2D eigenvalue weighted by Gasteiger charge is -2.32. The Balaban J connectivity index is 1.48. The minimum atomic E-state index is -1.08. The van der Waals surface area contributed by atoms with E-state index in [1.165, 1.54) is 0 Å². The maximum atomic E-state index is 12.7. The van der Waals surface area contributed by atoms with Crippen LogP contribution in [0.15, 0.2) is 54.6 Å². The fourth-order valence-electron chi connectivity index (χ4n) is 3.15. The molecular formula is C21H23N3O5. The number of rotatable bonds is 6. The number of amides is 3. The molecule has 8 heteroatoms. The van der Waals surface area contributed by atoms with Gasteiger partial charge in [0.15, 0.2) is 6.61 Å². The lowest BCUT2D eigenvalue weighted by Crippen LogP contribution is -2.47. The van der Waals surface area contributed by atoms with E-state index >= 15 is 0 Å². The van der Waals surface area contributed by atoms with Crippen molar-refractivity contribution in [2.24, 2.45) is 0 Å². The van der Waals surface area contributed by atoms with Crippen molar-refractivity contribution in [2.45, 2.75) is 18.9 Å². The summed E-state index contributed by atoms with van der Waals surface area (Å²) in [6, 6.07) is 15.4. The van der Waals surface area contributed by atoms with E-state index in [1.807, 2.05) is 30.3 Å². The van der Waals surface area contributed by atoms with Gasteiger partial charge in [0.25, 0.3) is 5.91 Å². The Hall–Kier alpha value is -3.55. The van der Waals surface area contributed by atoms with Crippen LogP contribution in [-0.4, -0.2) is 53.7 Å². The highest BCUT2D eigenvalue weighted by Gasteiger charge is 2.25. The van der Waals surface area contributed by atoms with Crippen LogP contribution < -0.4 is 15.4 Å². The molecule has 0 atom stereocenters. The molecule has 0 radical (unpaired) electrons. The molecule has 3 N–H and O–H groups in total. The molecule has 1 heterocycles. The summed E-state index contributed by atoms with van der Waals surface area (Å²) in [4.78, 5) is 37.2. The number of carbonyl (C=O) groups is 3. The monoisotopic (exact) mass is 397 g/mol. The summed E-state index contributed by atoms with van der Waals surface area (Å²) in [6.07, 6.45) is 1.31. The van der Waals surface area contributed by atoms with Crippen LogP contribution in [0, 0.1) is 0 Å². The van der Waals surface area contributed by atoms with E-state index in [1.54, 1.807) is 29.2 Å². The van der Waals surface area contributed by atoms with Crippen molar-refractivity contribution in [2.75, 3.05) is 25.0 Å². The molecule has 3 amide bonds. The number of para-hydroxylation sites is 1. The molecule has 1 aliphatic heterocycles. The molecule has 29 heavy (non-hydrogen) atoms. The molecule has 152 valence electrons. The molecule has 2 aromatic carbocycles. The van der Waals surface area contributed by atoms with Gasteiger partial charge in [-0.2, -0.15) is 0 Å². The normalized spacial score (nSPS) is 14.1. The Morgan fingerprint density at radius 2 is 1.76 bits per heavy atom. The second-order valence-electron chi connectivity index (χ2n) is 6.74. The van der Waals surface area contributed by atoms with Crippen molar-refractivity contribution in [3.63, 3.8) is 0 Å². The number of carbonyl (C=O) groups excluding carboxylic acids is 2. The Morgan fingerprint density at radius 1 is 1.03 bits per heavy atom. The fourth-order valence-corrected chi connectivity index (χ4v) is 3.15. The molecule has 0 spiro atoms. The number of benzene rings is 2. The van der Waals surface area contributed by atoms with E-state index in [0.717, 1.165) is 5.69 Å². The molecule has 0 unspecified atom stereocenters. The number of piperidine rings is 1. The summed E-state index contributed by atoms with van der Waals surface area (Å²) in [5.41, 5.74) is 1.17. The molecule has 3 rings (SSSR count). The van der Waals surface area contributed by atoms with Crippen molar-refractivity contribution in [3.05, 3.63) is 60.2 Å². The minimum Gasteiger partial charge on any atom is -0.482 e. The number of carboxylic acids is 1. The van der Waals surface area contributed by atoms with Crippen molar-refractivity contribution < 1.29 is 24.2 Å². The molecular weight excluding hydrogens is 374 g/mol. The first-order valence-corrected chi connectivity index (χ1v) is 9.38. The van der Waals surface area contributed by atoms with Gasteiger partial charge in [-0.05, 0) is 43.2 Å². The summed E-state index contributed by atoms with van der Waals surface area (Å²) < 4.78 is 5.13. The standard InChI is InChI=1S/C21H23N3O5/c25-19(26)14-29-18-8-4-5-15(13-18)20(27)24-11-9-17(10-12-24)23-21(28)22-16-6-2-1-3-7-16/h1-8,13,17H,9-12,14H2,(H,25,26)(H2,22,23,28). The average Bonchev–Trinajstić information content (AvgIpc) is 2.73. The first kappa shape index (κ1) is 20.2. The molecule has 0 bridgehead atoms. The van der Waals surface area contributed by atoms with Crippen LogP contribution in [0.5, 0.6) is 5.75 Å². The van der Waals surface area contributed by atoms with Gasteiger partial charge < -0.3 is 25.4 Å². The number of nitrogens with zero attached hydrogens (tertiary/aromatic N) is 1. The Kier molecular flexibility index (Phi) is 6.67. The zero-order valence-electron chi connectivity index (χ0n) is 15.8. The zero-order chi connectivity index (χ0) is 20.6. The van der Waals surface area contributed by atoms with Gasteiger partial charge in [0.1, 0.15) is 5.75 Å². The third kappa shape index (κ3) is 5.97. The third-order valence-electron chi connectivity index (χ3n) is 4.59. The molecule has 1 fully saturated rings. The number of urea groups is 1. The summed E-state index contributed by atoms with van der Waals surface area (Å²) in [5.74, 6) is -0.877. The number of nitrogens with one attached hydrogen (secondary N) is 2. The predicted molar refractivity (Wildman–Crippen MR) is 107 cm³/mol. The topological polar surface area (TPSA) is 108 Å². The van der Waals surface area contributed by atoms with Crippen LogP contribution in [0.1, 0.15) is 23.2 Å².